The first-order chi connectivity index (χ1) is 7.50. The molecule has 1 fully saturated rings. The zero-order valence-corrected chi connectivity index (χ0v) is 8.93. The van der Waals surface area contributed by atoms with Gasteiger partial charge in [0.1, 0.15) is 13.2 Å². The molecule has 0 aromatic heterocycles. The molecule has 0 atom stereocenters. The number of carboxylic acids is 1. The summed E-state index contributed by atoms with van der Waals surface area (Å²) < 4.78 is 4.53. The van der Waals surface area contributed by atoms with Crippen molar-refractivity contribution in [2.24, 2.45) is 0 Å². The normalized spacial score (nSPS) is 14.3. The fourth-order valence-electron chi connectivity index (χ4n) is 1.10. The van der Waals surface area contributed by atoms with Gasteiger partial charge in [-0.2, -0.15) is 0 Å². The van der Waals surface area contributed by atoms with Crippen LogP contribution in [0.1, 0.15) is 12.8 Å². The first-order valence-corrected chi connectivity index (χ1v) is 4.87. The van der Waals surface area contributed by atoms with E-state index in [0.717, 1.165) is 12.8 Å². The molecule has 0 radical (unpaired) electrons. The van der Waals surface area contributed by atoms with Crippen LogP contribution in [0.25, 0.3) is 0 Å². The fraction of sp³-hybridized carbons (Fsp3) is 0.667. The van der Waals surface area contributed by atoms with E-state index in [1.165, 1.54) is 4.90 Å². The van der Waals surface area contributed by atoms with Crippen LogP contribution in [0.4, 0.5) is 4.79 Å². The highest BCUT2D eigenvalue weighted by Crippen LogP contribution is 2.24. The van der Waals surface area contributed by atoms with Gasteiger partial charge in [-0.3, -0.25) is 10.1 Å². The highest BCUT2D eigenvalue weighted by Gasteiger charge is 2.30. The number of hydrogen-bond donors (Lipinski definition) is 2. The maximum atomic E-state index is 11.4. The maximum Gasteiger partial charge on any atom is 0.329 e. The average molecular weight is 230 g/mol. The molecule has 1 saturated carbocycles. The number of nitrogens with zero attached hydrogens (tertiary/aromatic N) is 1. The molecule has 0 spiro atoms. The summed E-state index contributed by atoms with van der Waals surface area (Å²) in [6.07, 6.45) is 1.90. The van der Waals surface area contributed by atoms with Gasteiger partial charge in [0.25, 0.3) is 5.91 Å². The monoisotopic (exact) mass is 230 g/mol. The van der Waals surface area contributed by atoms with Crippen molar-refractivity contribution in [3.63, 3.8) is 0 Å². The van der Waals surface area contributed by atoms with Gasteiger partial charge in [0.05, 0.1) is 0 Å². The van der Waals surface area contributed by atoms with Gasteiger partial charge in [-0.15, -0.1) is 0 Å². The summed E-state index contributed by atoms with van der Waals surface area (Å²) in [5.74, 6) is -1.80. The number of ether oxygens (including phenoxy) is 1. The van der Waals surface area contributed by atoms with Crippen molar-refractivity contribution in [3.05, 3.63) is 0 Å². The molecule has 0 bridgehead atoms. The number of nitrogens with one attached hydrogen (secondary N) is 1. The van der Waals surface area contributed by atoms with E-state index in [-0.39, 0.29) is 6.04 Å². The topological polar surface area (TPSA) is 95.9 Å². The van der Waals surface area contributed by atoms with Gasteiger partial charge >= 0.3 is 12.0 Å². The molecule has 7 nitrogen and oxygen atoms in total. The van der Waals surface area contributed by atoms with Crippen molar-refractivity contribution in [2.75, 3.05) is 20.3 Å². The minimum Gasteiger partial charge on any atom is -0.480 e. The quantitative estimate of drug-likeness (QED) is 0.658. The molecule has 1 rings (SSSR count). The van der Waals surface area contributed by atoms with E-state index >= 15 is 0 Å². The lowest BCUT2D eigenvalue weighted by atomic mass is 10.5. The number of rotatable bonds is 5. The van der Waals surface area contributed by atoms with Crippen LogP contribution in [-0.4, -0.2) is 54.2 Å². The smallest absolute Gasteiger partial charge is 0.329 e. The highest BCUT2D eigenvalue weighted by molar-refractivity contribution is 5.95. The molecule has 0 heterocycles. The number of amides is 3. The van der Waals surface area contributed by atoms with Gasteiger partial charge in [0, 0.05) is 13.1 Å². The van der Waals surface area contributed by atoms with E-state index < -0.39 is 31.1 Å². The molecule has 0 aromatic rings. The second kappa shape index (κ2) is 5.45. The summed E-state index contributed by atoms with van der Waals surface area (Å²) in [5, 5.41) is 10.4. The Morgan fingerprint density at radius 2 is 2.00 bits per heavy atom. The van der Waals surface area contributed by atoms with Crippen molar-refractivity contribution in [3.8, 4) is 0 Å². The van der Waals surface area contributed by atoms with Crippen molar-refractivity contribution in [1.82, 2.24) is 10.2 Å². The third kappa shape index (κ3) is 4.26. The fourth-order valence-corrected chi connectivity index (χ4v) is 1.10. The predicted molar refractivity (Wildman–Crippen MR) is 52.8 cm³/mol. The number of carboxylic acid groups (broad SMARTS) is 1. The Labute approximate surface area is 92.4 Å². The van der Waals surface area contributed by atoms with Crippen LogP contribution in [0.5, 0.6) is 0 Å². The Balaban J connectivity index is 2.17. The minimum absolute atomic E-state index is 0.215. The van der Waals surface area contributed by atoms with Crippen LogP contribution in [0.2, 0.25) is 0 Å². The van der Waals surface area contributed by atoms with Crippen LogP contribution in [-0.2, 0) is 14.3 Å². The average Bonchev–Trinajstić information content (AvgIpc) is 2.98. The van der Waals surface area contributed by atoms with Gasteiger partial charge in [0.15, 0.2) is 0 Å². The summed E-state index contributed by atoms with van der Waals surface area (Å²) >= 11 is 0. The van der Waals surface area contributed by atoms with Gasteiger partial charge < -0.3 is 14.7 Å². The van der Waals surface area contributed by atoms with Gasteiger partial charge in [-0.05, 0) is 12.8 Å². The standard InChI is InChI=1S/C9H14N2O5/c1-11(6-2-3-6)9(15)10-7(12)4-16-5-8(13)14/h6H,2-5H2,1H3,(H,13,14)(H,10,12,15). The zero-order chi connectivity index (χ0) is 12.1. The van der Waals surface area contributed by atoms with Crippen LogP contribution >= 0.6 is 0 Å². The molecule has 0 unspecified atom stereocenters. The first-order valence-electron chi connectivity index (χ1n) is 4.87. The van der Waals surface area contributed by atoms with Crippen LogP contribution < -0.4 is 5.32 Å². The summed E-state index contributed by atoms with van der Waals surface area (Å²) in [4.78, 5) is 34.0. The lowest BCUT2D eigenvalue weighted by Crippen LogP contribution is -2.43. The molecule has 1 aliphatic carbocycles. The molecule has 0 aliphatic heterocycles. The van der Waals surface area contributed by atoms with E-state index in [1.54, 1.807) is 7.05 Å². The summed E-state index contributed by atoms with van der Waals surface area (Å²) in [5.41, 5.74) is 0. The lowest BCUT2D eigenvalue weighted by molar-refractivity contribution is -0.143. The molecule has 0 aromatic carbocycles. The molecule has 90 valence electrons. The number of hydrogen-bond acceptors (Lipinski definition) is 4. The molecule has 7 heteroatoms. The predicted octanol–water partition coefficient (Wildman–Crippen LogP) is -0.582. The largest absolute Gasteiger partial charge is 0.480 e. The third-order valence-corrected chi connectivity index (χ3v) is 2.12. The molecule has 16 heavy (non-hydrogen) atoms. The van der Waals surface area contributed by atoms with Gasteiger partial charge in [-0.1, -0.05) is 0 Å². The summed E-state index contributed by atoms with van der Waals surface area (Å²) in [6, 6.07) is -0.265. The highest BCUT2D eigenvalue weighted by atomic mass is 16.5. The van der Waals surface area contributed by atoms with Gasteiger partial charge in [0.2, 0.25) is 0 Å². The van der Waals surface area contributed by atoms with Crippen LogP contribution in [0, 0.1) is 0 Å². The summed E-state index contributed by atoms with van der Waals surface area (Å²) in [6.45, 7) is -0.989. The molecule has 2 N–H and O–H groups in total. The van der Waals surface area contributed by atoms with Crippen LogP contribution in [0.15, 0.2) is 0 Å². The molecule has 0 saturated heterocycles. The Morgan fingerprint density at radius 3 is 2.50 bits per heavy atom. The Morgan fingerprint density at radius 1 is 1.38 bits per heavy atom. The van der Waals surface area contributed by atoms with Crippen molar-refractivity contribution in [1.29, 1.82) is 0 Å². The van der Waals surface area contributed by atoms with E-state index in [4.69, 9.17) is 5.11 Å². The maximum absolute atomic E-state index is 11.4. The minimum atomic E-state index is -1.16. The zero-order valence-electron chi connectivity index (χ0n) is 8.93. The van der Waals surface area contributed by atoms with Crippen molar-refractivity contribution >= 4 is 17.9 Å². The van der Waals surface area contributed by atoms with E-state index in [0.29, 0.717) is 0 Å². The lowest BCUT2D eigenvalue weighted by Gasteiger charge is -2.15. The first kappa shape index (κ1) is 12.4. The Kier molecular flexibility index (Phi) is 4.24. The molecular weight excluding hydrogens is 216 g/mol. The van der Waals surface area contributed by atoms with Crippen molar-refractivity contribution in [2.45, 2.75) is 18.9 Å². The number of aliphatic carboxylic acids is 1. The molecule has 1 aliphatic rings. The second-order valence-corrected chi connectivity index (χ2v) is 3.58. The second-order valence-electron chi connectivity index (χ2n) is 3.58. The number of carbonyl (C=O) groups is 3. The van der Waals surface area contributed by atoms with Crippen molar-refractivity contribution < 1.29 is 24.2 Å². The van der Waals surface area contributed by atoms with E-state index in [1.807, 2.05) is 0 Å². The summed E-state index contributed by atoms with van der Waals surface area (Å²) in [7, 11) is 1.61. The van der Waals surface area contributed by atoms with Gasteiger partial charge in [-0.25, -0.2) is 9.59 Å². The third-order valence-electron chi connectivity index (χ3n) is 2.12. The number of imide groups is 1. The van der Waals surface area contributed by atoms with Crippen LogP contribution in [0.3, 0.4) is 0 Å². The molecular formula is C9H14N2O5. The Hall–Kier alpha value is -1.63. The van der Waals surface area contributed by atoms with E-state index in [9.17, 15) is 14.4 Å². The number of carbonyl (C=O) groups excluding carboxylic acids is 2. The Bertz CT molecular complexity index is 300. The van der Waals surface area contributed by atoms with E-state index in [2.05, 4.69) is 10.1 Å². The molecule has 3 amide bonds. The SMILES string of the molecule is CN(C(=O)NC(=O)COCC(=O)O)C1CC1. The number of urea groups is 1.